The summed E-state index contributed by atoms with van der Waals surface area (Å²) in [5, 5.41) is 9.95. The van der Waals surface area contributed by atoms with Gasteiger partial charge < -0.3 is 20.1 Å². The lowest BCUT2D eigenvalue weighted by atomic mass is 10.0. The number of fused-ring (bicyclic) bond motifs is 1. The van der Waals surface area contributed by atoms with E-state index in [1.54, 1.807) is 7.11 Å². The van der Waals surface area contributed by atoms with Gasteiger partial charge in [0.2, 0.25) is 0 Å². The number of nitrogens with two attached hydrogens (primary N) is 1. The number of aliphatic carboxylic acids is 1. The first kappa shape index (κ1) is 21.0. The highest BCUT2D eigenvalue weighted by molar-refractivity contribution is 5.87. The molecule has 23 heavy (non-hydrogen) atoms. The molecule has 1 aromatic heterocycles. The second-order valence-electron chi connectivity index (χ2n) is 4.65. The third-order valence-electron chi connectivity index (χ3n) is 3.57. The zero-order valence-corrected chi connectivity index (χ0v) is 15.3. The van der Waals surface area contributed by atoms with Crippen molar-refractivity contribution < 1.29 is 14.6 Å². The topological polar surface area (TPSA) is 77.5 Å². The van der Waals surface area contributed by atoms with E-state index in [0.29, 0.717) is 6.42 Å². The van der Waals surface area contributed by atoms with Crippen molar-refractivity contribution in [2.45, 2.75) is 47.1 Å². The van der Waals surface area contributed by atoms with E-state index >= 15 is 0 Å². The van der Waals surface area contributed by atoms with Crippen LogP contribution in [0.15, 0.2) is 18.2 Å². The summed E-state index contributed by atoms with van der Waals surface area (Å²) in [6.07, 6.45) is 0.311. The summed E-state index contributed by atoms with van der Waals surface area (Å²) in [4.78, 5) is 10.9. The lowest BCUT2D eigenvalue weighted by Crippen LogP contribution is -2.32. The maximum Gasteiger partial charge on any atom is 0.320 e. The van der Waals surface area contributed by atoms with Gasteiger partial charge in [-0.2, -0.15) is 0 Å². The number of nitrogens with zero attached hydrogens (tertiary/aromatic N) is 1. The Morgan fingerprint density at radius 3 is 2.35 bits per heavy atom. The van der Waals surface area contributed by atoms with Gasteiger partial charge in [-0.1, -0.05) is 27.7 Å². The average Bonchev–Trinajstić information content (AvgIpc) is 2.82. The van der Waals surface area contributed by atoms with Crippen molar-refractivity contribution in [2.75, 3.05) is 7.11 Å². The Morgan fingerprint density at radius 1 is 1.30 bits per heavy atom. The third-order valence-corrected chi connectivity index (χ3v) is 3.57. The number of ether oxygens (including phenoxy) is 1. The van der Waals surface area contributed by atoms with Gasteiger partial charge in [-0.15, -0.1) is 0 Å². The van der Waals surface area contributed by atoms with Gasteiger partial charge in [-0.3, -0.25) is 4.79 Å². The van der Waals surface area contributed by atoms with E-state index in [-0.39, 0.29) is 0 Å². The molecule has 1 atom stereocenters. The van der Waals surface area contributed by atoms with Gasteiger partial charge in [-0.05, 0) is 30.7 Å². The summed E-state index contributed by atoms with van der Waals surface area (Å²) in [6.45, 7) is 9.97. The number of hydrogen-bond acceptors (Lipinski definition) is 3. The summed E-state index contributed by atoms with van der Waals surface area (Å²) < 4.78 is 7.26. The van der Waals surface area contributed by atoms with Crippen molar-refractivity contribution in [3.8, 4) is 5.75 Å². The monoisotopic (exact) mass is 322 g/mol. The molecule has 2 aromatic rings. The van der Waals surface area contributed by atoms with Gasteiger partial charge in [0.05, 0.1) is 7.11 Å². The molecule has 1 aromatic carbocycles. The standard InChI is InChI=1S/C14H18N2O3.2C2H6/c1-8-10(7-12(15)14(17)18)11-6-9(19-3)4-5-13(11)16(8)2;2*1-2/h4-6,12H,7,15H2,1-3H3,(H,17,18);2*1-2H3. The molecule has 1 unspecified atom stereocenters. The molecule has 5 heteroatoms. The van der Waals surface area contributed by atoms with E-state index < -0.39 is 12.0 Å². The number of carboxylic acid groups (broad SMARTS) is 1. The Labute approximate surface area is 139 Å². The second kappa shape index (κ2) is 9.90. The Bertz CT molecular complexity index is 633. The van der Waals surface area contributed by atoms with Crippen LogP contribution in [0, 0.1) is 6.92 Å². The number of aryl methyl sites for hydroxylation is 1. The first-order valence-corrected chi connectivity index (χ1v) is 8.06. The van der Waals surface area contributed by atoms with E-state index in [1.807, 2.05) is 64.4 Å². The minimum absolute atomic E-state index is 0.311. The molecule has 0 aliphatic carbocycles. The van der Waals surface area contributed by atoms with Crippen molar-refractivity contribution in [2.24, 2.45) is 12.8 Å². The number of benzene rings is 1. The number of rotatable bonds is 4. The van der Waals surface area contributed by atoms with E-state index in [4.69, 9.17) is 15.6 Å². The van der Waals surface area contributed by atoms with Crippen LogP contribution < -0.4 is 10.5 Å². The predicted octanol–water partition coefficient (Wildman–Crippen LogP) is 3.50. The van der Waals surface area contributed by atoms with Crippen molar-refractivity contribution in [1.82, 2.24) is 4.57 Å². The first-order chi connectivity index (χ1) is 11.0. The highest BCUT2D eigenvalue weighted by atomic mass is 16.5. The molecule has 0 saturated carbocycles. The highest BCUT2D eigenvalue weighted by Crippen LogP contribution is 2.29. The van der Waals surface area contributed by atoms with Crippen LogP contribution in [0.5, 0.6) is 5.75 Å². The van der Waals surface area contributed by atoms with Gasteiger partial charge >= 0.3 is 5.97 Å². The number of carbonyl (C=O) groups is 1. The summed E-state index contributed by atoms with van der Waals surface area (Å²) in [7, 11) is 3.57. The van der Waals surface area contributed by atoms with Crippen LogP contribution in [-0.4, -0.2) is 28.8 Å². The predicted molar refractivity (Wildman–Crippen MR) is 96.2 cm³/mol. The quantitative estimate of drug-likeness (QED) is 0.903. The zero-order chi connectivity index (χ0) is 18.2. The smallest absolute Gasteiger partial charge is 0.320 e. The number of hydrogen-bond donors (Lipinski definition) is 2. The van der Waals surface area contributed by atoms with Gasteiger partial charge in [-0.25, -0.2) is 0 Å². The molecule has 0 bridgehead atoms. The fraction of sp³-hybridized carbons (Fsp3) is 0.500. The van der Waals surface area contributed by atoms with Crippen LogP contribution in [0.2, 0.25) is 0 Å². The minimum Gasteiger partial charge on any atom is -0.497 e. The summed E-state index contributed by atoms with van der Waals surface area (Å²) in [6, 6.07) is 4.89. The van der Waals surface area contributed by atoms with Gasteiger partial charge in [0.15, 0.2) is 0 Å². The van der Waals surface area contributed by atoms with Crippen molar-refractivity contribution in [1.29, 1.82) is 0 Å². The van der Waals surface area contributed by atoms with Crippen LogP contribution in [0.1, 0.15) is 39.0 Å². The molecule has 0 amide bonds. The van der Waals surface area contributed by atoms with Crippen molar-refractivity contribution >= 4 is 16.9 Å². The van der Waals surface area contributed by atoms with Crippen LogP contribution in [0.25, 0.3) is 10.9 Å². The van der Waals surface area contributed by atoms with Crippen LogP contribution in [0.3, 0.4) is 0 Å². The summed E-state index contributed by atoms with van der Waals surface area (Å²) >= 11 is 0. The van der Waals surface area contributed by atoms with Crippen LogP contribution in [0.4, 0.5) is 0 Å². The normalized spacial score (nSPS) is 11.0. The van der Waals surface area contributed by atoms with Crippen LogP contribution >= 0.6 is 0 Å². The van der Waals surface area contributed by atoms with Gasteiger partial charge in [0.1, 0.15) is 11.8 Å². The third kappa shape index (κ3) is 4.73. The Hall–Kier alpha value is -2.01. The molecule has 0 aliphatic rings. The Kier molecular flexibility index (Phi) is 9.03. The molecule has 2 rings (SSSR count). The summed E-state index contributed by atoms with van der Waals surface area (Å²) in [5.41, 5.74) is 8.69. The largest absolute Gasteiger partial charge is 0.497 e. The maximum absolute atomic E-state index is 10.9. The molecular formula is C18H30N2O3. The first-order valence-electron chi connectivity index (χ1n) is 8.06. The molecule has 0 radical (unpaired) electrons. The molecule has 5 nitrogen and oxygen atoms in total. The van der Waals surface area contributed by atoms with E-state index in [0.717, 1.165) is 27.9 Å². The summed E-state index contributed by atoms with van der Waals surface area (Å²) in [5.74, 6) is -0.234. The lowest BCUT2D eigenvalue weighted by molar-refractivity contribution is -0.138. The van der Waals surface area contributed by atoms with E-state index in [9.17, 15) is 4.79 Å². The molecule has 0 spiro atoms. The SMILES string of the molecule is CC.CC.COc1ccc2c(c1)c(CC(N)C(=O)O)c(C)n2C. The number of aromatic nitrogens is 1. The molecule has 130 valence electrons. The van der Waals surface area contributed by atoms with Crippen molar-refractivity contribution in [3.05, 3.63) is 29.5 Å². The van der Waals surface area contributed by atoms with E-state index in [2.05, 4.69) is 0 Å². The average molecular weight is 322 g/mol. The molecule has 1 heterocycles. The minimum atomic E-state index is -0.987. The van der Waals surface area contributed by atoms with Crippen LogP contribution in [-0.2, 0) is 18.3 Å². The Morgan fingerprint density at radius 2 is 1.87 bits per heavy atom. The molecule has 3 N–H and O–H groups in total. The molecular weight excluding hydrogens is 292 g/mol. The van der Waals surface area contributed by atoms with Gasteiger partial charge in [0.25, 0.3) is 0 Å². The fourth-order valence-corrected chi connectivity index (χ4v) is 2.32. The molecule has 0 saturated heterocycles. The maximum atomic E-state index is 10.9. The van der Waals surface area contributed by atoms with Gasteiger partial charge in [0, 0.05) is 30.1 Å². The molecule has 0 fully saturated rings. The zero-order valence-electron chi connectivity index (χ0n) is 15.3. The highest BCUT2D eigenvalue weighted by Gasteiger charge is 2.19. The second-order valence-corrected chi connectivity index (χ2v) is 4.65. The Balaban J connectivity index is 0.00000112. The molecule has 0 aliphatic heterocycles. The number of methoxy groups -OCH3 is 1. The fourth-order valence-electron chi connectivity index (χ4n) is 2.32. The van der Waals surface area contributed by atoms with Crippen molar-refractivity contribution in [3.63, 3.8) is 0 Å². The lowest BCUT2D eigenvalue weighted by Gasteiger charge is -2.07. The van der Waals surface area contributed by atoms with E-state index in [1.165, 1.54) is 0 Å². The number of carboxylic acids is 1.